The molecule has 31 heavy (non-hydrogen) atoms. The van der Waals surface area contributed by atoms with E-state index in [9.17, 15) is 0 Å². The number of likely N-dealkylation sites (N-methyl/N-ethyl adjacent to an activating group) is 1. The van der Waals surface area contributed by atoms with E-state index < -0.39 is 0 Å². The molecule has 1 N–H and O–H groups in total. The number of rotatable bonds is 5. The van der Waals surface area contributed by atoms with E-state index in [4.69, 9.17) is 9.84 Å². The highest BCUT2D eigenvalue weighted by molar-refractivity contribution is 5.70. The molecular weight excluding hydrogens is 388 g/mol. The van der Waals surface area contributed by atoms with Crippen LogP contribution in [0, 0.1) is 0 Å². The summed E-state index contributed by atoms with van der Waals surface area (Å²) in [4.78, 5) is 9.44. The quantitative estimate of drug-likeness (QED) is 0.535. The molecule has 1 aliphatic heterocycles. The third-order valence-corrected chi connectivity index (χ3v) is 5.73. The average Bonchev–Trinajstić information content (AvgIpc) is 3.22. The summed E-state index contributed by atoms with van der Waals surface area (Å²) in [5.41, 5.74) is 4.90. The molecule has 1 fully saturated rings. The lowest BCUT2D eigenvalue weighted by Crippen LogP contribution is -2.44. The lowest BCUT2D eigenvalue weighted by Gasteiger charge is -2.34. The Labute approximate surface area is 181 Å². The van der Waals surface area contributed by atoms with Crippen molar-refractivity contribution < 1.29 is 4.74 Å². The van der Waals surface area contributed by atoms with E-state index in [0.717, 1.165) is 54.5 Å². The molecule has 1 saturated heterocycles. The highest BCUT2D eigenvalue weighted by atomic mass is 16.5. The third kappa shape index (κ3) is 3.92. The van der Waals surface area contributed by atoms with Gasteiger partial charge in [0, 0.05) is 43.1 Å². The Kier molecular flexibility index (Phi) is 5.18. The molecule has 4 aromatic rings. The second-order valence-corrected chi connectivity index (χ2v) is 7.78. The van der Waals surface area contributed by atoms with Gasteiger partial charge in [-0.05, 0) is 55.6 Å². The Morgan fingerprint density at radius 3 is 2.42 bits per heavy atom. The monoisotopic (exact) mass is 414 g/mol. The minimum absolute atomic E-state index is 0.565. The number of methoxy groups -OCH3 is 1. The first kappa shape index (κ1) is 19.4. The van der Waals surface area contributed by atoms with Gasteiger partial charge in [0.1, 0.15) is 5.75 Å². The van der Waals surface area contributed by atoms with Crippen LogP contribution in [0.3, 0.4) is 0 Å². The largest absolute Gasteiger partial charge is 0.496 e. The number of para-hydroxylation sites is 1. The van der Waals surface area contributed by atoms with Gasteiger partial charge in [0.15, 0.2) is 5.65 Å². The maximum Gasteiger partial charge on any atom is 0.247 e. The van der Waals surface area contributed by atoms with E-state index in [-0.39, 0.29) is 0 Å². The molecule has 7 nitrogen and oxygen atoms in total. The van der Waals surface area contributed by atoms with Crippen LogP contribution in [0.2, 0.25) is 0 Å². The molecular formula is C24H26N6O. The van der Waals surface area contributed by atoms with Crippen LogP contribution in [0.25, 0.3) is 16.9 Å². The lowest BCUT2D eigenvalue weighted by atomic mass is 10.1. The number of ether oxygens (including phenoxy) is 1. The second kappa shape index (κ2) is 8.28. The first-order chi connectivity index (χ1) is 15.2. The normalized spacial score (nSPS) is 14.7. The minimum Gasteiger partial charge on any atom is -0.496 e. The van der Waals surface area contributed by atoms with Crippen molar-refractivity contribution in [2.45, 2.75) is 0 Å². The Bertz CT molecular complexity index is 1180. The number of pyridine rings is 1. The van der Waals surface area contributed by atoms with Crippen LogP contribution in [0.15, 0.2) is 66.7 Å². The summed E-state index contributed by atoms with van der Waals surface area (Å²) in [5.74, 6) is 1.37. The molecule has 158 valence electrons. The Hall–Kier alpha value is -3.58. The molecule has 0 unspecified atom stereocenters. The molecule has 0 spiro atoms. The fourth-order valence-electron chi connectivity index (χ4n) is 3.97. The molecule has 0 aliphatic carbocycles. The molecule has 0 saturated carbocycles. The van der Waals surface area contributed by atoms with Crippen molar-refractivity contribution >= 4 is 23.0 Å². The molecule has 5 rings (SSSR count). The van der Waals surface area contributed by atoms with Gasteiger partial charge in [0.2, 0.25) is 5.95 Å². The number of nitrogens with one attached hydrogen (secondary N) is 1. The zero-order chi connectivity index (χ0) is 21.2. The van der Waals surface area contributed by atoms with Crippen LogP contribution in [-0.4, -0.2) is 59.8 Å². The van der Waals surface area contributed by atoms with Crippen molar-refractivity contribution in [2.24, 2.45) is 0 Å². The van der Waals surface area contributed by atoms with Crippen LogP contribution < -0.4 is 15.0 Å². The Balaban J connectivity index is 1.39. The van der Waals surface area contributed by atoms with Crippen LogP contribution in [0.1, 0.15) is 0 Å². The standard InChI is InChI=1S/C24H26N6O/c1-28-14-16-29(17-15-28)19-12-10-18(11-13-19)25-24-26-23-9-5-7-21(30(23)27-24)20-6-3-4-8-22(20)31-2/h3-13H,14-17H2,1-2H3,(H,25,27). The summed E-state index contributed by atoms with van der Waals surface area (Å²) < 4.78 is 7.38. The minimum atomic E-state index is 0.565. The number of benzene rings is 2. The van der Waals surface area contributed by atoms with Gasteiger partial charge in [-0.25, -0.2) is 4.52 Å². The van der Waals surface area contributed by atoms with E-state index in [1.54, 1.807) is 7.11 Å². The molecule has 2 aromatic heterocycles. The number of piperazine rings is 1. The van der Waals surface area contributed by atoms with Gasteiger partial charge < -0.3 is 19.9 Å². The molecule has 0 radical (unpaired) electrons. The van der Waals surface area contributed by atoms with Crippen molar-refractivity contribution in [2.75, 3.05) is 50.6 Å². The molecule has 3 heterocycles. The second-order valence-electron chi connectivity index (χ2n) is 7.78. The molecule has 0 atom stereocenters. The zero-order valence-corrected chi connectivity index (χ0v) is 17.8. The van der Waals surface area contributed by atoms with Gasteiger partial charge in [-0.3, -0.25) is 0 Å². The van der Waals surface area contributed by atoms with Gasteiger partial charge >= 0.3 is 0 Å². The number of fused-ring (bicyclic) bond motifs is 1. The van der Waals surface area contributed by atoms with Crippen molar-refractivity contribution in [1.29, 1.82) is 0 Å². The summed E-state index contributed by atoms with van der Waals surface area (Å²) in [5, 5.41) is 8.04. The predicted molar refractivity (Wildman–Crippen MR) is 124 cm³/mol. The third-order valence-electron chi connectivity index (χ3n) is 5.73. The van der Waals surface area contributed by atoms with Crippen LogP contribution in [-0.2, 0) is 0 Å². The molecule has 0 amide bonds. The number of aromatic nitrogens is 3. The first-order valence-corrected chi connectivity index (χ1v) is 10.5. The molecule has 2 aromatic carbocycles. The number of hydrogen-bond acceptors (Lipinski definition) is 6. The summed E-state index contributed by atoms with van der Waals surface area (Å²) in [6.45, 7) is 4.31. The number of hydrogen-bond donors (Lipinski definition) is 1. The van der Waals surface area contributed by atoms with Crippen LogP contribution in [0.4, 0.5) is 17.3 Å². The predicted octanol–water partition coefficient (Wildman–Crippen LogP) is 3.90. The van der Waals surface area contributed by atoms with E-state index in [2.05, 4.69) is 51.4 Å². The Morgan fingerprint density at radius 2 is 1.65 bits per heavy atom. The van der Waals surface area contributed by atoms with Crippen molar-refractivity contribution in [1.82, 2.24) is 19.5 Å². The van der Waals surface area contributed by atoms with Crippen molar-refractivity contribution in [3.05, 3.63) is 66.7 Å². The number of anilines is 3. The maximum absolute atomic E-state index is 5.53. The maximum atomic E-state index is 5.53. The summed E-state index contributed by atoms with van der Waals surface area (Å²) in [6, 6.07) is 22.4. The van der Waals surface area contributed by atoms with Gasteiger partial charge in [0.05, 0.1) is 12.8 Å². The molecule has 7 heteroatoms. The SMILES string of the molecule is COc1ccccc1-c1cccc2nc(Nc3ccc(N4CCN(C)CC4)cc3)nn12. The fraction of sp³-hybridized carbons (Fsp3) is 0.250. The highest BCUT2D eigenvalue weighted by Gasteiger charge is 2.15. The zero-order valence-electron chi connectivity index (χ0n) is 17.8. The van der Waals surface area contributed by atoms with Gasteiger partial charge in [-0.1, -0.05) is 18.2 Å². The number of nitrogens with zero attached hydrogens (tertiary/aromatic N) is 5. The first-order valence-electron chi connectivity index (χ1n) is 10.5. The lowest BCUT2D eigenvalue weighted by molar-refractivity contribution is 0.313. The van der Waals surface area contributed by atoms with E-state index in [0.29, 0.717) is 5.95 Å². The van der Waals surface area contributed by atoms with Gasteiger partial charge in [0.25, 0.3) is 0 Å². The van der Waals surface area contributed by atoms with E-state index in [1.807, 2.05) is 47.0 Å². The summed E-state index contributed by atoms with van der Waals surface area (Å²) in [7, 11) is 3.85. The Morgan fingerprint density at radius 1 is 0.871 bits per heavy atom. The van der Waals surface area contributed by atoms with Crippen molar-refractivity contribution in [3.63, 3.8) is 0 Å². The van der Waals surface area contributed by atoms with Crippen LogP contribution >= 0.6 is 0 Å². The smallest absolute Gasteiger partial charge is 0.247 e. The summed E-state index contributed by atoms with van der Waals surface area (Å²) >= 11 is 0. The topological polar surface area (TPSA) is 57.9 Å². The van der Waals surface area contributed by atoms with E-state index in [1.165, 1.54) is 5.69 Å². The van der Waals surface area contributed by atoms with Crippen molar-refractivity contribution in [3.8, 4) is 17.0 Å². The fourth-order valence-corrected chi connectivity index (χ4v) is 3.97. The van der Waals surface area contributed by atoms with Crippen LogP contribution in [0.5, 0.6) is 5.75 Å². The summed E-state index contributed by atoms with van der Waals surface area (Å²) in [6.07, 6.45) is 0. The molecule has 1 aliphatic rings. The van der Waals surface area contributed by atoms with Gasteiger partial charge in [-0.2, -0.15) is 4.98 Å². The van der Waals surface area contributed by atoms with E-state index >= 15 is 0 Å². The average molecular weight is 415 g/mol. The molecule has 0 bridgehead atoms. The van der Waals surface area contributed by atoms with Gasteiger partial charge in [-0.15, -0.1) is 5.10 Å². The highest BCUT2D eigenvalue weighted by Crippen LogP contribution is 2.30.